The maximum atomic E-state index is 12.9. The second-order valence-electron chi connectivity index (χ2n) is 2.55. The fourth-order valence-corrected chi connectivity index (χ4v) is 1.31. The fourth-order valence-electron chi connectivity index (χ4n) is 0.958. The maximum Gasteiger partial charge on any atom is 0.126 e. The van der Waals surface area contributed by atoms with Crippen molar-refractivity contribution >= 4 is 11.6 Å². The molecule has 0 fully saturated rings. The van der Waals surface area contributed by atoms with Gasteiger partial charge in [0.25, 0.3) is 0 Å². The molecule has 0 aliphatic rings. The molecule has 0 atom stereocenters. The molecule has 0 aliphatic heterocycles. The lowest BCUT2D eigenvalue weighted by Gasteiger charge is -2.02. The summed E-state index contributed by atoms with van der Waals surface area (Å²) in [5, 5.41) is 0.659. The molecule has 0 heterocycles. The maximum absolute atomic E-state index is 12.9. The summed E-state index contributed by atoms with van der Waals surface area (Å²) in [4.78, 5) is 0. The molecule has 0 spiro atoms. The zero-order valence-corrected chi connectivity index (χ0v) is 9.37. The highest BCUT2D eigenvalue weighted by molar-refractivity contribution is 6.31. The van der Waals surface area contributed by atoms with Crippen molar-refractivity contribution in [2.75, 3.05) is 0 Å². The number of halogens is 2. The van der Waals surface area contributed by atoms with Crippen LogP contribution in [0.15, 0.2) is 12.1 Å². The van der Waals surface area contributed by atoms with Gasteiger partial charge in [-0.3, -0.25) is 0 Å². The van der Waals surface area contributed by atoms with Crippen LogP contribution >= 0.6 is 11.6 Å². The summed E-state index contributed by atoms with van der Waals surface area (Å²) in [6.07, 6.45) is 0.774. The molecule has 0 aliphatic carbocycles. The Morgan fingerprint density at radius 2 is 1.85 bits per heavy atom. The predicted octanol–water partition coefficient (Wildman–Crippen LogP) is 4.38. The van der Waals surface area contributed by atoms with E-state index in [2.05, 4.69) is 0 Å². The van der Waals surface area contributed by atoms with Gasteiger partial charge >= 0.3 is 0 Å². The third-order valence-electron chi connectivity index (χ3n) is 1.71. The fraction of sp³-hybridized carbons (Fsp3) is 0.455. The lowest BCUT2D eigenvalue weighted by Crippen LogP contribution is -1.88. The molecule has 2 heteroatoms. The Kier molecular flexibility index (Phi) is 5.72. The minimum absolute atomic E-state index is 0.175. The average Bonchev–Trinajstić information content (AvgIpc) is 2.15. The highest BCUT2D eigenvalue weighted by Gasteiger charge is 2.02. The smallest absolute Gasteiger partial charge is 0.126 e. The number of hydrogen-bond acceptors (Lipinski definition) is 0. The first-order chi connectivity index (χ1) is 6.15. The Balaban J connectivity index is 0.000000671. The molecule has 1 aromatic rings. The molecule has 1 rings (SSSR count). The van der Waals surface area contributed by atoms with E-state index < -0.39 is 0 Å². The molecule has 0 N–H and O–H groups in total. The Labute approximate surface area is 84.7 Å². The topological polar surface area (TPSA) is 0 Å². The highest BCUT2D eigenvalue weighted by Crippen LogP contribution is 2.20. The Hall–Kier alpha value is -0.560. The van der Waals surface area contributed by atoms with Gasteiger partial charge in [-0.05, 0) is 36.6 Å². The van der Waals surface area contributed by atoms with Gasteiger partial charge in [-0.1, -0.05) is 32.4 Å². The number of hydrogen-bond donors (Lipinski definition) is 0. The molecule has 0 radical (unpaired) electrons. The van der Waals surface area contributed by atoms with E-state index in [9.17, 15) is 4.39 Å². The largest absolute Gasteiger partial charge is 0.207 e. The Morgan fingerprint density at radius 3 is 2.31 bits per heavy atom. The van der Waals surface area contributed by atoms with Crippen LogP contribution in [0.2, 0.25) is 5.02 Å². The summed E-state index contributed by atoms with van der Waals surface area (Å²) < 4.78 is 12.9. The van der Waals surface area contributed by atoms with Crippen molar-refractivity contribution in [1.29, 1.82) is 0 Å². The summed E-state index contributed by atoms with van der Waals surface area (Å²) in [5.74, 6) is -0.175. The van der Waals surface area contributed by atoms with Crippen LogP contribution in [0.25, 0.3) is 0 Å². The Bertz CT molecular complexity index is 269. The summed E-state index contributed by atoms with van der Waals surface area (Å²) in [6, 6.07) is 3.16. The first kappa shape index (κ1) is 12.4. The normalized spacial score (nSPS) is 9.08. The molecule has 1 aromatic carbocycles. The molecule has 0 bridgehead atoms. The molecule has 0 unspecified atom stereocenters. The first-order valence-electron chi connectivity index (χ1n) is 4.59. The molecule has 0 aromatic heterocycles. The molecule has 0 nitrogen and oxygen atoms in total. The minimum Gasteiger partial charge on any atom is -0.207 e. The van der Waals surface area contributed by atoms with Gasteiger partial charge in [0.2, 0.25) is 0 Å². The zero-order valence-electron chi connectivity index (χ0n) is 8.62. The van der Waals surface area contributed by atoms with Crippen LogP contribution in [0.4, 0.5) is 4.39 Å². The number of rotatable bonds is 1. The van der Waals surface area contributed by atoms with Crippen LogP contribution in [0.3, 0.4) is 0 Å². The van der Waals surface area contributed by atoms with Gasteiger partial charge in [0.15, 0.2) is 0 Å². The van der Waals surface area contributed by atoms with Gasteiger partial charge < -0.3 is 0 Å². The van der Waals surface area contributed by atoms with Crippen LogP contribution in [-0.2, 0) is 6.42 Å². The number of aryl methyl sites for hydroxylation is 2. The van der Waals surface area contributed by atoms with Crippen molar-refractivity contribution < 1.29 is 4.39 Å². The van der Waals surface area contributed by atoms with E-state index in [-0.39, 0.29) is 5.82 Å². The Morgan fingerprint density at radius 1 is 1.31 bits per heavy atom. The van der Waals surface area contributed by atoms with Gasteiger partial charge in [-0.25, -0.2) is 4.39 Å². The first-order valence-corrected chi connectivity index (χ1v) is 4.97. The van der Waals surface area contributed by atoms with Crippen LogP contribution in [0, 0.1) is 12.7 Å². The summed E-state index contributed by atoms with van der Waals surface area (Å²) in [7, 11) is 0. The average molecular weight is 203 g/mol. The predicted molar refractivity (Wildman–Crippen MR) is 56.9 cm³/mol. The van der Waals surface area contributed by atoms with Crippen LogP contribution in [-0.4, -0.2) is 0 Å². The lowest BCUT2D eigenvalue weighted by molar-refractivity contribution is 0.616. The van der Waals surface area contributed by atoms with E-state index in [1.807, 2.05) is 20.8 Å². The molecule has 13 heavy (non-hydrogen) atoms. The zero-order chi connectivity index (χ0) is 10.4. The van der Waals surface area contributed by atoms with Crippen molar-refractivity contribution in [3.05, 3.63) is 34.1 Å². The van der Waals surface area contributed by atoms with Crippen molar-refractivity contribution in [1.82, 2.24) is 0 Å². The monoisotopic (exact) mass is 202 g/mol. The summed E-state index contributed by atoms with van der Waals surface area (Å²) in [5.41, 5.74) is 1.47. The van der Waals surface area contributed by atoms with Crippen molar-refractivity contribution in [2.24, 2.45) is 0 Å². The van der Waals surface area contributed by atoms with Gasteiger partial charge in [0.1, 0.15) is 5.82 Å². The van der Waals surface area contributed by atoms with Gasteiger partial charge in [-0.2, -0.15) is 0 Å². The van der Waals surface area contributed by atoms with E-state index in [1.54, 1.807) is 13.0 Å². The molecular formula is C11H16ClF. The van der Waals surface area contributed by atoms with E-state index in [1.165, 1.54) is 6.07 Å². The third kappa shape index (κ3) is 3.35. The standard InChI is InChI=1S/C9H10ClF.C2H6/c1-3-7-5-9(11)6(2)4-8(7)10;1-2/h4-5H,3H2,1-2H3;1-2H3. The minimum atomic E-state index is -0.175. The quantitative estimate of drug-likeness (QED) is 0.634. The van der Waals surface area contributed by atoms with Crippen LogP contribution < -0.4 is 0 Å². The molecule has 0 amide bonds. The van der Waals surface area contributed by atoms with Crippen LogP contribution in [0.5, 0.6) is 0 Å². The SMILES string of the molecule is CC.CCc1cc(F)c(C)cc1Cl. The third-order valence-corrected chi connectivity index (χ3v) is 2.06. The van der Waals surface area contributed by atoms with Gasteiger partial charge in [0, 0.05) is 5.02 Å². The summed E-state index contributed by atoms with van der Waals surface area (Å²) in [6.45, 7) is 7.66. The second-order valence-corrected chi connectivity index (χ2v) is 2.95. The summed E-state index contributed by atoms with van der Waals surface area (Å²) >= 11 is 5.83. The molecule has 0 saturated heterocycles. The molecule has 0 saturated carbocycles. The molecular weight excluding hydrogens is 187 g/mol. The van der Waals surface area contributed by atoms with Crippen molar-refractivity contribution in [3.63, 3.8) is 0 Å². The highest BCUT2D eigenvalue weighted by atomic mass is 35.5. The van der Waals surface area contributed by atoms with Crippen LogP contribution in [0.1, 0.15) is 31.9 Å². The number of benzene rings is 1. The van der Waals surface area contributed by atoms with Crippen molar-refractivity contribution in [2.45, 2.75) is 34.1 Å². The van der Waals surface area contributed by atoms with Gasteiger partial charge in [-0.15, -0.1) is 0 Å². The molecule has 74 valence electrons. The van der Waals surface area contributed by atoms with E-state index in [4.69, 9.17) is 11.6 Å². The van der Waals surface area contributed by atoms with Crippen molar-refractivity contribution in [3.8, 4) is 0 Å². The van der Waals surface area contributed by atoms with Gasteiger partial charge in [0.05, 0.1) is 0 Å². The second kappa shape index (κ2) is 5.98. The van der Waals surface area contributed by atoms with E-state index in [0.29, 0.717) is 10.6 Å². The van der Waals surface area contributed by atoms with E-state index >= 15 is 0 Å². The lowest BCUT2D eigenvalue weighted by atomic mass is 10.1. The van der Waals surface area contributed by atoms with E-state index in [0.717, 1.165) is 12.0 Å².